The average Bonchev–Trinajstić information content (AvgIpc) is 2.59. The standard InChI is InChI=1S/C17H26N2O6S/c1-12(2)10-19-6-7-25-14(11-19)9-18-26(22,23)16-8-13(17(20)21)4-5-15(16)24-3/h4-5,8,12,14,18H,6-7,9-11H2,1-3H3,(H,20,21)/t14-/m1/s1. The Bertz CT molecular complexity index is 735. The predicted octanol–water partition coefficient (Wildman–Crippen LogP) is 1.03. The van der Waals surface area contributed by atoms with Crippen molar-refractivity contribution in [2.45, 2.75) is 24.8 Å². The third-order valence-electron chi connectivity index (χ3n) is 4.05. The summed E-state index contributed by atoms with van der Waals surface area (Å²) in [7, 11) is -2.60. The van der Waals surface area contributed by atoms with Gasteiger partial charge in [0.1, 0.15) is 10.6 Å². The number of rotatable bonds is 8. The maximum absolute atomic E-state index is 12.6. The van der Waals surface area contributed by atoms with Crippen LogP contribution in [0, 0.1) is 5.92 Å². The van der Waals surface area contributed by atoms with E-state index in [0.29, 0.717) is 19.1 Å². The summed E-state index contributed by atoms with van der Waals surface area (Å²) in [6.45, 7) is 7.34. The van der Waals surface area contributed by atoms with Gasteiger partial charge in [-0.2, -0.15) is 0 Å². The number of nitrogens with zero attached hydrogens (tertiary/aromatic N) is 1. The van der Waals surface area contributed by atoms with Crippen molar-refractivity contribution in [2.24, 2.45) is 5.92 Å². The molecule has 1 atom stereocenters. The Balaban J connectivity index is 2.09. The first kappa shape index (κ1) is 20.6. The summed E-state index contributed by atoms with van der Waals surface area (Å²) in [6, 6.07) is 3.73. The largest absolute Gasteiger partial charge is 0.495 e. The number of hydrogen-bond acceptors (Lipinski definition) is 6. The SMILES string of the molecule is COc1ccc(C(=O)O)cc1S(=O)(=O)NC[C@@H]1CN(CC(C)C)CCO1. The summed E-state index contributed by atoms with van der Waals surface area (Å²) in [5.41, 5.74) is -0.122. The molecule has 2 N–H and O–H groups in total. The molecule has 0 radical (unpaired) electrons. The Labute approximate surface area is 154 Å². The molecule has 0 amide bonds. The Morgan fingerprint density at radius 3 is 2.81 bits per heavy atom. The van der Waals surface area contributed by atoms with Gasteiger partial charge in [-0.05, 0) is 24.1 Å². The zero-order valence-electron chi connectivity index (χ0n) is 15.3. The number of methoxy groups -OCH3 is 1. The lowest BCUT2D eigenvalue weighted by Gasteiger charge is -2.33. The monoisotopic (exact) mass is 386 g/mol. The Morgan fingerprint density at radius 2 is 2.19 bits per heavy atom. The van der Waals surface area contributed by atoms with Crippen LogP contribution in [0.15, 0.2) is 23.1 Å². The lowest BCUT2D eigenvalue weighted by molar-refractivity contribution is -0.0280. The van der Waals surface area contributed by atoms with Gasteiger partial charge in [-0.25, -0.2) is 17.9 Å². The number of ether oxygens (including phenoxy) is 2. The highest BCUT2D eigenvalue weighted by Gasteiger charge is 2.26. The summed E-state index contributed by atoms with van der Waals surface area (Å²) in [5, 5.41) is 9.09. The lowest BCUT2D eigenvalue weighted by atomic mass is 10.2. The van der Waals surface area contributed by atoms with E-state index in [9.17, 15) is 13.2 Å². The van der Waals surface area contributed by atoms with E-state index >= 15 is 0 Å². The Hall–Kier alpha value is -1.68. The molecule has 2 rings (SSSR count). The Kier molecular flexibility index (Phi) is 6.99. The van der Waals surface area contributed by atoms with Crippen LogP contribution in [0.25, 0.3) is 0 Å². The smallest absolute Gasteiger partial charge is 0.335 e. The molecule has 1 aromatic carbocycles. The van der Waals surface area contributed by atoms with Gasteiger partial charge in [0.05, 0.1) is 25.4 Å². The highest BCUT2D eigenvalue weighted by Crippen LogP contribution is 2.25. The molecule has 1 fully saturated rings. The number of hydrogen-bond donors (Lipinski definition) is 2. The molecule has 0 saturated carbocycles. The molecule has 8 nitrogen and oxygen atoms in total. The van der Waals surface area contributed by atoms with E-state index in [2.05, 4.69) is 23.5 Å². The van der Waals surface area contributed by atoms with Gasteiger partial charge in [0.15, 0.2) is 0 Å². The summed E-state index contributed by atoms with van der Waals surface area (Å²) >= 11 is 0. The third-order valence-corrected chi connectivity index (χ3v) is 5.49. The van der Waals surface area contributed by atoms with Crippen LogP contribution < -0.4 is 9.46 Å². The maximum atomic E-state index is 12.6. The van der Waals surface area contributed by atoms with Gasteiger partial charge in [-0.3, -0.25) is 4.90 Å². The molecule has 26 heavy (non-hydrogen) atoms. The lowest BCUT2D eigenvalue weighted by Crippen LogP contribution is -2.48. The molecule has 1 aromatic rings. The van der Waals surface area contributed by atoms with Crippen LogP contribution in [0.5, 0.6) is 5.75 Å². The second kappa shape index (κ2) is 8.81. The number of nitrogens with one attached hydrogen (secondary N) is 1. The van der Waals surface area contributed by atoms with Crippen LogP contribution in [0.4, 0.5) is 0 Å². The van der Waals surface area contributed by atoms with Crippen molar-refractivity contribution in [1.29, 1.82) is 0 Å². The van der Waals surface area contributed by atoms with Gasteiger partial charge in [0, 0.05) is 26.2 Å². The van der Waals surface area contributed by atoms with Gasteiger partial charge in [-0.1, -0.05) is 13.8 Å². The van der Waals surface area contributed by atoms with E-state index < -0.39 is 16.0 Å². The first-order chi connectivity index (χ1) is 12.2. The van der Waals surface area contributed by atoms with E-state index in [4.69, 9.17) is 14.6 Å². The molecule has 146 valence electrons. The molecule has 9 heteroatoms. The molecule has 1 heterocycles. The number of carbonyl (C=O) groups is 1. The zero-order chi connectivity index (χ0) is 19.3. The van der Waals surface area contributed by atoms with Gasteiger partial charge in [0.25, 0.3) is 0 Å². The van der Waals surface area contributed by atoms with Crippen molar-refractivity contribution >= 4 is 16.0 Å². The van der Waals surface area contributed by atoms with Crippen LogP contribution in [-0.2, 0) is 14.8 Å². The minimum Gasteiger partial charge on any atom is -0.495 e. The van der Waals surface area contributed by atoms with E-state index in [0.717, 1.165) is 19.2 Å². The summed E-state index contributed by atoms with van der Waals surface area (Å²) in [6.07, 6.45) is -0.258. The topological polar surface area (TPSA) is 105 Å². The van der Waals surface area contributed by atoms with Crippen LogP contribution in [0.1, 0.15) is 24.2 Å². The molecule has 0 spiro atoms. The van der Waals surface area contributed by atoms with E-state index in [1.807, 2.05) is 0 Å². The van der Waals surface area contributed by atoms with Crippen molar-refractivity contribution in [3.05, 3.63) is 23.8 Å². The molecule has 1 aliphatic rings. The van der Waals surface area contributed by atoms with Crippen molar-refractivity contribution in [1.82, 2.24) is 9.62 Å². The summed E-state index contributed by atoms with van der Waals surface area (Å²) < 4.78 is 38.5. The molecule has 0 aliphatic carbocycles. The van der Waals surface area contributed by atoms with Gasteiger partial charge < -0.3 is 14.6 Å². The minimum atomic E-state index is -3.94. The fourth-order valence-electron chi connectivity index (χ4n) is 2.89. The normalized spacial score (nSPS) is 18.8. The maximum Gasteiger partial charge on any atom is 0.335 e. The minimum absolute atomic E-state index is 0.0912. The molecule has 1 aliphatic heterocycles. The van der Waals surface area contributed by atoms with E-state index in [1.165, 1.54) is 19.2 Å². The Morgan fingerprint density at radius 1 is 1.46 bits per heavy atom. The molecular weight excluding hydrogens is 360 g/mol. The first-order valence-electron chi connectivity index (χ1n) is 8.48. The van der Waals surface area contributed by atoms with Crippen LogP contribution in [0.2, 0.25) is 0 Å². The average molecular weight is 386 g/mol. The molecular formula is C17H26N2O6S. The van der Waals surface area contributed by atoms with Gasteiger partial charge >= 0.3 is 5.97 Å². The fraction of sp³-hybridized carbons (Fsp3) is 0.588. The zero-order valence-corrected chi connectivity index (χ0v) is 16.1. The number of carboxylic acid groups (broad SMARTS) is 1. The molecule has 1 saturated heterocycles. The van der Waals surface area contributed by atoms with Gasteiger partial charge in [-0.15, -0.1) is 0 Å². The van der Waals surface area contributed by atoms with E-state index in [-0.39, 0.29) is 28.9 Å². The first-order valence-corrected chi connectivity index (χ1v) is 9.96. The van der Waals surface area contributed by atoms with Crippen molar-refractivity contribution in [2.75, 3.05) is 39.9 Å². The number of aromatic carboxylic acids is 1. The quantitative estimate of drug-likeness (QED) is 0.687. The number of morpholine rings is 1. The van der Waals surface area contributed by atoms with Gasteiger partial charge in [0.2, 0.25) is 10.0 Å². The van der Waals surface area contributed by atoms with Crippen molar-refractivity contribution in [3.63, 3.8) is 0 Å². The number of carboxylic acids is 1. The second-order valence-corrected chi connectivity index (χ2v) is 8.40. The fourth-order valence-corrected chi connectivity index (χ4v) is 4.15. The number of sulfonamides is 1. The van der Waals surface area contributed by atoms with Crippen LogP contribution in [-0.4, -0.2) is 70.4 Å². The van der Waals surface area contributed by atoms with Crippen LogP contribution in [0.3, 0.4) is 0 Å². The summed E-state index contributed by atoms with van der Waals surface area (Å²) in [5.74, 6) is -0.592. The molecule has 0 bridgehead atoms. The molecule has 0 unspecified atom stereocenters. The van der Waals surface area contributed by atoms with Crippen molar-refractivity contribution < 1.29 is 27.8 Å². The second-order valence-electron chi connectivity index (χ2n) is 6.67. The highest BCUT2D eigenvalue weighted by atomic mass is 32.2. The third kappa shape index (κ3) is 5.41. The van der Waals surface area contributed by atoms with Crippen molar-refractivity contribution in [3.8, 4) is 5.75 Å². The van der Waals surface area contributed by atoms with E-state index in [1.54, 1.807) is 0 Å². The van der Waals surface area contributed by atoms with Crippen LogP contribution >= 0.6 is 0 Å². The number of benzene rings is 1. The molecule has 0 aromatic heterocycles. The predicted molar refractivity (Wildman–Crippen MR) is 96.2 cm³/mol. The summed E-state index contributed by atoms with van der Waals surface area (Å²) in [4.78, 5) is 13.2. The highest BCUT2D eigenvalue weighted by molar-refractivity contribution is 7.89.